The summed E-state index contributed by atoms with van der Waals surface area (Å²) in [5.74, 6) is 1.02. The molecule has 2 aromatic carbocycles. The summed E-state index contributed by atoms with van der Waals surface area (Å²) in [5.41, 5.74) is 4.42. The molecule has 0 bridgehead atoms. The summed E-state index contributed by atoms with van der Waals surface area (Å²) < 4.78 is 17.0. The van der Waals surface area contributed by atoms with Crippen molar-refractivity contribution in [3.05, 3.63) is 52.2 Å². The van der Waals surface area contributed by atoms with E-state index in [0.29, 0.717) is 35.4 Å². The van der Waals surface area contributed by atoms with Gasteiger partial charge in [-0.25, -0.2) is 0 Å². The van der Waals surface area contributed by atoms with Crippen molar-refractivity contribution in [1.82, 2.24) is 0 Å². The van der Waals surface area contributed by atoms with Crippen LogP contribution in [-0.2, 0) is 11.2 Å². The number of benzene rings is 2. The van der Waals surface area contributed by atoms with Crippen LogP contribution in [-0.4, -0.2) is 19.1 Å². The van der Waals surface area contributed by atoms with Gasteiger partial charge in [0.15, 0.2) is 11.5 Å². The Bertz CT molecular complexity index is 1020. The molecule has 5 nitrogen and oxygen atoms in total. The number of hydrogen-bond acceptors (Lipinski definition) is 4. The summed E-state index contributed by atoms with van der Waals surface area (Å²) in [6, 6.07) is 7.42. The highest BCUT2D eigenvalue weighted by atomic mass is 35.5. The minimum absolute atomic E-state index is 0.174. The first-order valence-electron chi connectivity index (χ1n) is 8.88. The number of hydrogen-bond donors (Lipinski definition) is 1. The highest BCUT2D eigenvalue weighted by Gasteiger charge is 2.17. The summed E-state index contributed by atoms with van der Waals surface area (Å²) in [7, 11) is 0. The zero-order valence-corrected chi connectivity index (χ0v) is 16.0. The third-order valence-electron chi connectivity index (χ3n) is 4.80. The number of nitrogens with one attached hydrogen (secondary N) is 1. The predicted molar refractivity (Wildman–Crippen MR) is 105 cm³/mol. The third kappa shape index (κ3) is 3.47. The molecule has 0 spiro atoms. The molecule has 0 radical (unpaired) electrons. The van der Waals surface area contributed by atoms with E-state index in [1.807, 2.05) is 26.0 Å². The Morgan fingerprint density at radius 1 is 1.15 bits per heavy atom. The minimum Gasteiger partial charge on any atom is -0.490 e. The molecular formula is C21H20ClNO4. The fourth-order valence-corrected chi connectivity index (χ4v) is 3.37. The number of halogens is 1. The van der Waals surface area contributed by atoms with Crippen molar-refractivity contribution in [1.29, 1.82) is 0 Å². The molecule has 1 N–H and O–H groups in total. The quantitative estimate of drug-likeness (QED) is 0.685. The fourth-order valence-electron chi connectivity index (χ4n) is 3.17. The van der Waals surface area contributed by atoms with E-state index < -0.39 is 0 Å². The molecule has 0 fully saturated rings. The van der Waals surface area contributed by atoms with Crippen molar-refractivity contribution >= 4 is 34.2 Å². The zero-order chi connectivity index (χ0) is 19.0. The molecule has 27 heavy (non-hydrogen) atoms. The van der Waals surface area contributed by atoms with Crippen LogP contribution in [0.2, 0.25) is 5.02 Å². The number of anilines is 1. The number of carbonyl (C=O) groups is 1. The Morgan fingerprint density at radius 2 is 1.89 bits per heavy atom. The number of amides is 1. The number of ether oxygens (including phenoxy) is 2. The average Bonchev–Trinajstić information content (AvgIpc) is 2.90. The zero-order valence-electron chi connectivity index (χ0n) is 15.2. The maximum absolute atomic E-state index is 12.6. The molecule has 2 heterocycles. The summed E-state index contributed by atoms with van der Waals surface area (Å²) >= 11 is 6.30. The molecule has 1 aliphatic heterocycles. The van der Waals surface area contributed by atoms with Crippen LogP contribution in [0.25, 0.3) is 11.0 Å². The SMILES string of the molecule is Cc1ccc2c(CC(=O)Nc3cc4c(cc3Cl)OCCCO4)coc2c1C. The Labute approximate surface area is 162 Å². The van der Waals surface area contributed by atoms with Crippen LogP contribution in [0.15, 0.2) is 34.9 Å². The van der Waals surface area contributed by atoms with Crippen LogP contribution >= 0.6 is 11.6 Å². The first-order chi connectivity index (χ1) is 13.0. The molecule has 1 amide bonds. The number of fused-ring (bicyclic) bond motifs is 2. The van der Waals surface area contributed by atoms with Crippen molar-refractivity contribution in [2.24, 2.45) is 0 Å². The maximum atomic E-state index is 12.6. The van der Waals surface area contributed by atoms with Gasteiger partial charge in [0.25, 0.3) is 0 Å². The van der Waals surface area contributed by atoms with Gasteiger partial charge in [-0.3, -0.25) is 4.79 Å². The molecule has 1 aliphatic rings. The standard InChI is InChI=1S/C21H20ClNO4/c1-12-4-5-15-14(11-27-21(15)13(12)2)8-20(24)23-17-10-19-18(9-16(17)22)25-6-3-7-26-19/h4-5,9-11H,3,6-8H2,1-2H3,(H,23,24). The van der Waals surface area contributed by atoms with E-state index in [2.05, 4.69) is 5.32 Å². The van der Waals surface area contributed by atoms with Crippen LogP contribution in [0.4, 0.5) is 5.69 Å². The molecule has 0 saturated carbocycles. The fraction of sp³-hybridized carbons (Fsp3) is 0.286. The van der Waals surface area contributed by atoms with Gasteiger partial charge in [-0.15, -0.1) is 0 Å². The lowest BCUT2D eigenvalue weighted by Gasteiger charge is -2.12. The maximum Gasteiger partial charge on any atom is 0.228 e. The van der Waals surface area contributed by atoms with Crippen LogP contribution in [0, 0.1) is 13.8 Å². The lowest BCUT2D eigenvalue weighted by Crippen LogP contribution is -2.14. The van der Waals surface area contributed by atoms with Gasteiger partial charge >= 0.3 is 0 Å². The molecule has 0 saturated heterocycles. The van der Waals surface area contributed by atoms with Crippen molar-refractivity contribution in [2.45, 2.75) is 26.7 Å². The van der Waals surface area contributed by atoms with Crippen LogP contribution in [0.3, 0.4) is 0 Å². The van der Waals surface area contributed by atoms with Gasteiger partial charge in [0.1, 0.15) is 5.58 Å². The average molecular weight is 386 g/mol. The molecule has 0 aliphatic carbocycles. The van der Waals surface area contributed by atoms with E-state index in [1.165, 1.54) is 0 Å². The normalized spacial score (nSPS) is 13.4. The highest BCUT2D eigenvalue weighted by Crippen LogP contribution is 2.37. The molecule has 1 aromatic heterocycles. The lowest BCUT2D eigenvalue weighted by molar-refractivity contribution is -0.115. The van der Waals surface area contributed by atoms with Crippen molar-refractivity contribution in [3.8, 4) is 11.5 Å². The second-order valence-electron chi connectivity index (χ2n) is 6.70. The molecule has 0 atom stereocenters. The minimum atomic E-state index is -0.174. The van der Waals surface area contributed by atoms with Gasteiger partial charge < -0.3 is 19.2 Å². The summed E-state index contributed by atoms with van der Waals surface area (Å²) in [6.45, 7) is 5.21. The molecular weight excluding hydrogens is 366 g/mol. The van der Waals surface area contributed by atoms with Gasteiger partial charge in [0.2, 0.25) is 5.91 Å². The summed E-state index contributed by atoms with van der Waals surface area (Å²) in [5, 5.41) is 4.23. The van der Waals surface area contributed by atoms with Gasteiger partial charge in [0.05, 0.1) is 36.6 Å². The van der Waals surface area contributed by atoms with Crippen LogP contribution < -0.4 is 14.8 Å². The van der Waals surface area contributed by atoms with E-state index in [0.717, 1.165) is 34.1 Å². The van der Waals surface area contributed by atoms with Gasteiger partial charge in [-0.05, 0) is 25.0 Å². The summed E-state index contributed by atoms with van der Waals surface area (Å²) in [4.78, 5) is 12.6. The summed E-state index contributed by atoms with van der Waals surface area (Å²) in [6.07, 6.45) is 2.65. The van der Waals surface area contributed by atoms with Crippen molar-refractivity contribution in [2.75, 3.05) is 18.5 Å². The van der Waals surface area contributed by atoms with E-state index in [1.54, 1.807) is 18.4 Å². The molecule has 4 rings (SSSR count). The topological polar surface area (TPSA) is 60.7 Å². The lowest BCUT2D eigenvalue weighted by atomic mass is 10.0. The van der Waals surface area contributed by atoms with E-state index in [9.17, 15) is 4.79 Å². The van der Waals surface area contributed by atoms with Gasteiger partial charge in [-0.2, -0.15) is 0 Å². The van der Waals surface area contributed by atoms with Gasteiger partial charge in [0, 0.05) is 29.5 Å². The van der Waals surface area contributed by atoms with E-state index >= 15 is 0 Å². The Balaban J connectivity index is 1.55. The molecule has 3 aromatic rings. The second kappa shape index (κ2) is 7.16. The Morgan fingerprint density at radius 3 is 2.67 bits per heavy atom. The number of aryl methyl sites for hydroxylation is 2. The smallest absolute Gasteiger partial charge is 0.228 e. The largest absolute Gasteiger partial charge is 0.490 e. The number of furan rings is 1. The van der Waals surface area contributed by atoms with Crippen molar-refractivity contribution in [3.63, 3.8) is 0 Å². The van der Waals surface area contributed by atoms with Gasteiger partial charge in [-0.1, -0.05) is 23.7 Å². The monoisotopic (exact) mass is 385 g/mol. The van der Waals surface area contributed by atoms with Crippen LogP contribution in [0.1, 0.15) is 23.1 Å². The molecule has 0 unspecified atom stereocenters. The van der Waals surface area contributed by atoms with E-state index in [-0.39, 0.29) is 12.3 Å². The number of rotatable bonds is 3. The first kappa shape index (κ1) is 17.7. The third-order valence-corrected chi connectivity index (χ3v) is 5.12. The number of carbonyl (C=O) groups excluding carboxylic acids is 1. The van der Waals surface area contributed by atoms with E-state index in [4.69, 9.17) is 25.5 Å². The Kier molecular flexibility index (Phi) is 4.70. The second-order valence-corrected chi connectivity index (χ2v) is 7.11. The highest BCUT2D eigenvalue weighted by molar-refractivity contribution is 6.34. The van der Waals surface area contributed by atoms with Crippen molar-refractivity contribution < 1.29 is 18.7 Å². The Hall–Kier alpha value is -2.66. The first-order valence-corrected chi connectivity index (χ1v) is 9.26. The molecule has 140 valence electrons. The molecule has 6 heteroatoms. The predicted octanol–water partition coefficient (Wildman–Crippen LogP) is 5.05. The van der Waals surface area contributed by atoms with Crippen LogP contribution in [0.5, 0.6) is 11.5 Å².